The van der Waals surface area contributed by atoms with E-state index in [1.807, 2.05) is 16.9 Å². The number of carbonyl (C=O) groups is 1. The summed E-state index contributed by atoms with van der Waals surface area (Å²) in [5, 5.41) is 8.34. The van der Waals surface area contributed by atoms with Crippen LogP contribution in [-0.4, -0.2) is 48.1 Å². The molecule has 1 aromatic carbocycles. The smallest absolute Gasteiger partial charge is 0.256 e. The molecule has 0 aliphatic carbocycles. The van der Waals surface area contributed by atoms with Crippen molar-refractivity contribution in [3.63, 3.8) is 0 Å². The molecule has 8 heteroatoms. The van der Waals surface area contributed by atoms with Crippen LogP contribution in [0.4, 0.5) is 5.82 Å². The van der Waals surface area contributed by atoms with Crippen LogP contribution in [0.1, 0.15) is 29.2 Å². The number of ether oxygens (including phenoxy) is 3. The number of fused-ring (bicyclic) bond motifs is 1. The number of hydrogen-bond donors (Lipinski definition) is 1. The molecule has 0 atom stereocenters. The van der Waals surface area contributed by atoms with E-state index in [-0.39, 0.29) is 5.91 Å². The molecular weight excluding hydrogens is 360 g/mol. The summed E-state index contributed by atoms with van der Waals surface area (Å²) < 4.78 is 18.0. The molecule has 28 heavy (non-hydrogen) atoms. The number of methoxy groups -OCH3 is 2. The zero-order valence-corrected chi connectivity index (χ0v) is 15.8. The van der Waals surface area contributed by atoms with Crippen molar-refractivity contribution in [2.45, 2.75) is 18.9 Å². The van der Waals surface area contributed by atoms with Crippen molar-refractivity contribution in [2.75, 3.05) is 32.8 Å². The second kappa shape index (κ2) is 7.85. The fraction of sp³-hybridized carbons (Fsp3) is 0.350. The van der Waals surface area contributed by atoms with E-state index in [4.69, 9.17) is 14.2 Å². The fourth-order valence-corrected chi connectivity index (χ4v) is 3.33. The van der Waals surface area contributed by atoms with E-state index < -0.39 is 0 Å². The number of nitrogens with zero attached hydrogens (tertiary/aromatic N) is 3. The minimum Gasteiger partial charge on any atom is -0.494 e. The van der Waals surface area contributed by atoms with Crippen LogP contribution < -0.4 is 14.8 Å². The number of benzene rings is 1. The second-order valence-electron chi connectivity index (χ2n) is 6.59. The monoisotopic (exact) mass is 382 g/mol. The van der Waals surface area contributed by atoms with Crippen molar-refractivity contribution < 1.29 is 19.0 Å². The molecule has 3 aromatic rings. The maximum atomic E-state index is 12.7. The summed E-state index contributed by atoms with van der Waals surface area (Å²) in [5.74, 6) is 1.14. The van der Waals surface area contributed by atoms with Crippen molar-refractivity contribution in [1.29, 1.82) is 0 Å². The highest BCUT2D eigenvalue weighted by Crippen LogP contribution is 2.30. The summed E-state index contributed by atoms with van der Waals surface area (Å²) in [6, 6.07) is 9.00. The Morgan fingerprint density at radius 1 is 1.21 bits per heavy atom. The highest BCUT2D eigenvalue weighted by Gasteiger charge is 2.20. The van der Waals surface area contributed by atoms with Gasteiger partial charge >= 0.3 is 0 Å². The third-order valence-electron chi connectivity index (χ3n) is 4.81. The molecule has 4 rings (SSSR count). The Bertz CT molecular complexity index is 995. The van der Waals surface area contributed by atoms with Gasteiger partial charge in [0, 0.05) is 36.4 Å². The zero-order chi connectivity index (χ0) is 19.5. The normalized spacial score (nSPS) is 14.8. The van der Waals surface area contributed by atoms with E-state index in [2.05, 4.69) is 15.4 Å². The molecule has 1 N–H and O–H groups in total. The van der Waals surface area contributed by atoms with Gasteiger partial charge in [-0.15, -0.1) is 0 Å². The van der Waals surface area contributed by atoms with Gasteiger partial charge in [-0.1, -0.05) is 6.07 Å². The van der Waals surface area contributed by atoms with Crippen LogP contribution in [0, 0.1) is 0 Å². The molecule has 0 radical (unpaired) electrons. The standard InChI is InChI=1S/C20H22N4O4/c1-26-16-11-13(20(25)22-17-4-3-5-18(21-17)27-2)10-14-12-24(23-19(14)16)15-6-8-28-9-7-15/h3-5,10-12,15H,6-9H2,1-2H3,(H,21,22,25). The van der Waals surface area contributed by atoms with Gasteiger partial charge in [0.1, 0.15) is 17.1 Å². The highest BCUT2D eigenvalue weighted by molar-refractivity contribution is 6.06. The van der Waals surface area contributed by atoms with E-state index in [1.54, 1.807) is 31.4 Å². The molecule has 1 saturated heterocycles. The number of hydrogen-bond acceptors (Lipinski definition) is 6. The van der Waals surface area contributed by atoms with E-state index in [0.717, 1.165) is 37.0 Å². The van der Waals surface area contributed by atoms with Crippen LogP contribution in [0.2, 0.25) is 0 Å². The predicted octanol–water partition coefficient (Wildman–Crippen LogP) is 3.05. The first-order valence-electron chi connectivity index (χ1n) is 9.15. The minimum atomic E-state index is -0.278. The zero-order valence-electron chi connectivity index (χ0n) is 15.8. The molecule has 146 valence electrons. The van der Waals surface area contributed by atoms with Gasteiger partial charge in [-0.05, 0) is 31.0 Å². The van der Waals surface area contributed by atoms with Gasteiger partial charge in [0.2, 0.25) is 5.88 Å². The van der Waals surface area contributed by atoms with Crippen LogP contribution in [0.15, 0.2) is 36.5 Å². The Labute approximate surface area is 162 Å². The lowest BCUT2D eigenvalue weighted by Crippen LogP contribution is -2.19. The van der Waals surface area contributed by atoms with E-state index in [0.29, 0.717) is 29.1 Å². The molecule has 1 fully saturated rings. The predicted molar refractivity (Wildman–Crippen MR) is 104 cm³/mol. The average Bonchev–Trinajstić information content (AvgIpc) is 3.18. The maximum absolute atomic E-state index is 12.7. The second-order valence-corrected chi connectivity index (χ2v) is 6.59. The molecule has 1 amide bonds. The van der Waals surface area contributed by atoms with Crippen molar-refractivity contribution in [2.24, 2.45) is 0 Å². The van der Waals surface area contributed by atoms with Gasteiger partial charge in [0.25, 0.3) is 5.91 Å². The Morgan fingerprint density at radius 2 is 2.04 bits per heavy atom. The summed E-state index contributed by atoms with van der Waals surface area (Å²) >= 11 is 0. The Morgan fingerprint density at radius 3 is 2.79 bits per heavy atom. The van der Waals surface area contributed by atoms with Crippen LogP contribution in [0.25, 0.3) is 10.9 Å². The Kier molecular flexibility index (Phi) is 5.12. The first-order chi connectivity index (χ1) is 13.7. The van der Waals surface area contributed by atoms with E-state index >= 15 is 0 Å². The number of nitrogens with one attached hydrogen (secondary N) is 1. The molecule has 0 unspecified atom stereocenters. The minimum absolute atomic E-state index is 0.278. The van der Waals surface area contributed by atoms with Crippen molar-refractivity contribution in [1.82, 2.24) is 14.8 Å². The lowest BCUT2D eigenvalue weighted by molar-refractivity contribution is 0.0664. The number of carbonyl (C=O) groups excluding carboxylic acids is 1. The van der Waals surface area contributed by atoms with Crippen LogP contribution in [-0.2, 0) is 4.74 Å². The number of pyridine rings is 1. The highest BCUT2D eigenvalue weighted by atomic mass is 16.5. The number of aromatic nitrogens is 3. The van der Waals surface area contributed by atoms with E-state index in [1.165, 1.54) is 7.11 Å². The third-order valence-corrected chi connectivity index (χ3v) is 4.81. The molecule has 1 aliphatic rings. The van der Waals surface area contributed by atoms with Gasteiger partial charge in [-0.25, -0.2) is 0 Å². The van der Waals surface area contributed by atoms with Gasteiger partial charge in [0.15, 0.2) is 0 Å². The Balaban J connectivity index is 1.63. The summed E-state index contributed by atoms with van der Waals surface area (Å²) in [6.45, 7) is 1.47. The summed E-state index contributed by atoms with van der Waals surface area (Å²) in [4.78, 5) is 17.0. The molecule has 2 aromatic heterocycles. The van der Waals surface area contributed by atoms with Crippen LogP contribution in [0.5, 0.6) is 11.6 Å². The topological polar surface area (TPSA) is 87.5 Å². The van der Waals surface area contributed by atoms with Gasteiger partial charge in [-0.2, -0.15) is 10.1 Å². The van der Waals surface area contributed by atoms with Gasteiger partial charge in [0.05, 0.1) is 20.3 Å². The number of rotatable bonds is 5. The summed E-state index contributed by atoms with van der Waals surface area (Å²) in [7, 11) is 3.11. The van der Waals surface area contributed by atoms with Crippen molar-refractivity contribution >= 4 is 22.6 Å². The van der Waals surface area contributed by atoms with Crippen LogP contribution >= 0.6 is 0 Å². The molecule has 0 saturated carbocycles. The lowest BCUT2D eigenvalue weighted by atomic mass is 10.1. The fourth-order valence-electron chi connectivity index (χ4n) is 3.33. The summed E-state index contributed by atoms with van der Waals surface area (Å²) in [5.41, 5.74) is 1.21. The molecule has 8 nitrogen and oxygen atoms in total. The maximum Gasteiger partial charge on any atom is 0.256 e. The molecular formula is C20H22N4O4. The molecule has 0 spiro atoms. The average molecular weight is 382 g/mol. The van der Waals surface area contributed by atoms with E-state index in [9.17, 15) is 4.79 Å². The first-order valence-corrected chi connectivity index (χ1v) is 9.15. The van der Waals surface area contributed by atoms with Crippen LogP contribution in [0.3, 0.4) is 0 Å². The quantitative estimate of drug-likeness (QED) is 0.730. The first kappa shape index (κ1) is 18.2. The molecule has 0 bridgehead atoms. The van der Waals surface area contributed by atoms with Gasteiger partial charge in [-0.3, -0.25) is 9.48 Å². The largest absolute Gasteiger partial charge is 0.494 e. The van der Waals surface area contributed by atoms with Crippen molar-refractivity contribution in [3.8, 4) is 11.6 Å². The lowest BCUT2D eigenvalue weighted by Gasteiger charge is -2.22. The molecule has 3 heterocycles. The third kappa shape index (κ3) is 3.63. The SMILES string of the molecule is COc1cccc(NC(=O)c2cc(OC)c3nn(C4CCOCC4)cc3c2)n1. The number of amides is 1. The number of anilines is 1. The Hall–Kier alpha value is -3.13. The van der Waals surface area contributed by atoms with Gasteiger partial charge < -0.3 is 19.5 Å². The van der Waals surface area contributed by atoms with Crippen molar-refractivity contribution in [3.05, 3.63) is 42.1 Å². The molecule has 1 aliphatic heterocycles. The summed E-state index contributed by atoms with van der Waals surface area (Å²) in [6.07, 6.45) is 3.81.